The van der Waals surface area contributed by atoms with E-state index >= 15 is 0 Å². The molecule has 0 aromatic heterocycles. The summed E-state index contributed by atoms with van der Waals surface area (Å²) in [6, 6.07) is 4.18. The lowest BCUT2D eigenvalue weighted by atomic mass is 10.1. The predicted octanol–water partition coefficient (Wildman–Crippen LogP) is 6.10. The molecule has 0 fully saturated rings. The number of rotatable bonds is 14. The summed E-state index contributed by atoms with van der Waals surface area (Å²) in [5.74, 6) is 0.218. The fourth-order valence-corrected chi connectivity index (χ4v) is 2.80. The van der Waals surface area contributed by atoms with Gasteiger partial charge in [-0.25, -0.2) is 0 Å². The summed E-state index contributed by atoms with van der Waals surface area (Å²) in [4.78, 5) is 21.9. The maximum Gasteiger partial charge on any atom is 0.270 e. The first-order valence-corrected chi connectivity index (χ1v) is 9.48. The highest BCUT2D eigenvalue weighted by molar-refractivity contribution is 5.97. The first kappa shape index (κ1) is 21.1. The van der Waals surface area contributed by atoms with Crippen LogP contribution in [0.2, 0.25) is 0 Å². The van der Waals surface area contributed by atoms with Gasteiger partial charge in [0.05, 0.1) is 17.1 Å². The average Bonchev–Trinajstić information content (AvgIpc) is 2.59. The van der Waals surface area contributed by atoms with Crippen molar-refractivity contribution in [2.45, 2.75) is 78.1 Å². The third-order valence-electron chi connectivity index (χ3n) is 4.31. The van der Waals surface area contributed by atoms with Crippen LogP contribution >= 0.6 is 0 Å². The molecule has 1 aromatic rings. The van der Waals surface area contributed by atoms with Gasteiger partial charge in [0.1, 0.15) is 5.75 Å². The molecule has 25 heavy (non-hydrogen) atoms. The van der Waals surface area contributed by atoms with E-state index in [1.807, 2.05) is 0 Å². The fraction of sp³-hybridized carbons (Fsp3) is 0.650. The standard InChI is InChI=1S/C20H31NO4/c1-3-4-5-6-7-8-9-10-11-12-15-25-20-14-13-18(21(23)24)16-19(20)17(2)22/h13-14,16H,3-12,15H2,1-2H3. The smallest absolute Gasteiger partial charge is 0.270 e. The van der Waals surface area contributed by atoms with E-state index in [0.717, 1.165) is 12.8 Å². The summed E-state index contributed by atoms with van der Waals surface area (Å²) < 4.78 is 5.66. The van der Waals surface area contributed by atoms with Crippen LogP contribution in [-0.4, -0.2) is 17.3 Å². The van der Waals surface area contributed by atoms with Gasteiger partial charge >= 0.3 is 0 Å². The zero-order valence-electron chi connectivity index (χ0n) is 15.6. The Labute approximate surface area is 150 Å². The van der Waals surface area contributed by atoms with Crippen LogP contribution < -0.4 is 4.74 Å². The highest BCUT2D eigenvalue weighted by Gasteiger charge is 2.14. The van der Waals surface area contributed by atoms with Crippen molar-refractivity contribution in [1.29, 1.82) is 0 Å². The Morgan fingerprint density at radius 3 is 2.08 bits per heavy atom. The number of benzene rings is 1. The van der Waals surface area contributed by atoms with Crippen molar-refractivity contribution in [2.24, 2.45) is 0 Å². The van der Waals surface area contributed by atoms with Crippen molar-refractivity contribution in [2.75, 3.05) is 6.61 Å². The van der Waals surface area contributed by atoms with E-state index < -0.39 is 4.92 Å². The van der Waals surface area contributed by atoms with Gasteiger partial charge in [0.25, 0.3) is 5.69 Å². The van der Waals surface area contributed by atoms with Crippen LogP contribution in [0.25, 0.3) is 0 Å². The molecule has 0 radical (unpaired) electrons. The Bertz CT molecular complexity index is 542. The van der Waals surface area contributed by atoms with Gasteiger partial charge in [-0.05, 0) is 19.4 Å². The molecule has 0 saturated heterocycles. The van der Waals surface area contributed by atoms with Crippen molar-refractivity contribution in [1.82, 2.24) is 0 Å². The highest BCUT2D eigenvalue weighted by atomic mass is 16.6. The molecule has 0 bridgehead atoms. The lowest BCUT2D eigenvalue weighted by Gasteiger charge is -2.09. The van der Waals surface area contributed by atoms with Crippen LogP contribution in [0.3, 0.4) is 0 Å². The van der Waals surface area contributed by atoms with Crippen LogP contribution in [0.1, 0.15) is 88.4 Å². The molecule has 5 heteroatoms. The second-order valence-corrected chi connectivity index (χ2v) is 6.52. The molecule has 5 nitrogen and oxygen atoms in total. The van der Waals surface area contributed by atoms with Crippen LogP contribution in [0.5, 0.6) is 5.75 Å². The lowest BCUT2D eigenvalue weighted by Crippen LogP contribution is -2.04. The van der Waals surface area contributed by atoms with Crippen molar-refractivity contribution in [3.05, 3.63) is 33.9 Å². The number of hydrogen-bond acceptors (Lipinski definition) is 4. The molecule has 0 aliphatic rings. The van der Waals surface area contributed by atoms with Crippen LogP contribution in [0.15, 0.2) is 18.2 Å². The first-order chi connectivity index (χ1) is 12.1. The number of nitrogens with zero attached hydrogens (tertiary/aromatic N) is 1. The fourth-order valence-electron chi connectivity index (χ4n) is 2.80. The summed E-state index contributed by atoms with van der Waals surface area (Å²) in [7, 11) is 0. The zero-order chi connectivity index (χ0) is 18.5. The number of non-ortho nitro benzene ring substituents is 1. The van der Waals surface area contributed by atoms with E-state index in [0.29, 0.717) is 12.4 Å². The second-order valence-electron chi connectivity index (χ2n) is 6.52. The van der Waals surface area contributed by atoms with Gasteiger partial charge in [0.15, 0.2) is 5.78 Å². The minimum absolute atomic E-state index is 0.0866. The number of hydrogen-bond donors (Lipinski definition) is 0. The molecule has 140 valence electrons. The number of ketones is 1. The van der Waals surface area contributed by atoms with E-state index in [4.69, 9.17) is 4.74 Å². The molecule has 1 rings (SSSR count). The number of Topliss-reactive ketones (excluding diaryl/α,β-unsaturated/α-hetero) is 1. The van der Waals surface area contributed by atoms with Gasteiger partial charge in [-0.15, -0.1) is 0 Å². The minimum Gasteiger partial charge on any atom is -0.493 e. The molecule has 0 aliphatic heterocycles. The van der Waals surface area contributed by atoms with Gasteiger partial charge in [-0.2, -0.15) is 0 Å². The Hall–Kier alpha value is -1.91. The van der Waals surface area contributed by atoms with Crippen molar-refractivity contribution in [3.8, 4) is 5.75 Å². The van der Waals surface area contributed by atoms with Crippen molar-refractivity contribution >= 4 is 11.5 Å². The maximum atomic E-state index is 11.6. The second kappa shape index (κ2) is 12.5. The Kier molecular flexibility index (Phi) is 10.5. The number of unbranched alkanes of at least 4 members (excludes halogenated alkanes) is 9. The topological polar surface area (TPSA) is 69.4 Å². The summed E-state index contributed by atoms with van der Waals surface area (Å²) in [6.45, 7) is 4.17. The molecular weight excluding hydrogens is 318 g/mol. The van der Waals surface area contributed by atoms with Gasteiger partial charge in [0, 0.05) is 12.1 Å². The summed E-state index contributed by atoms with van der Waals surface area (Å²) in [5.41, 5.74) is 0.192. The molecule has 0 spiro atoms. The van der Waals surface area contributed by atoms with Gasteiger partial charge in [-0.1, -0.05) is 64.7 Å². The predicted molar refractivity (Wildman–Crippen MR) is 100 cm³/mol. The monoisotopic (exact) mass is 349 g/mol. The number of carbonyl (C=O) groups is 1. The van der Waals surface area contributed by atoms with Gasteiger partial charge in [-0.3, -0.25) is 14.9 Å². The SMILES string of the molecule is CCCCCCCCCCCCOc1ccc([N+](=O)[O-])cc1C(C)=O. The summed E-state index contributed by atoms with van der Waals surface area (Å²) in [6.07, 6.45) is 12.5. The van der Waals surface area contributed by atoms with Crippen LogP contribution in [-0.2, 0) is 0 Å². The third kappa shape index (κ3) is 8.66. The quantitative estimate of drug-likeness (QED) is 0.176. The van der Waals surface area contributed by atoms with E-state index in [2.05, 4.69) is 6.92 Å². The lowest BCUT2D eigenvalue weighted by molar-refractivity contribution is -0.384. The van der Waals surface area contributed by atoms with Gasteiger partial charge in [0.2, 0.25) is 0 Å². The van der Waals surface area contributed by atoms with E-state index in [1.54, 1.807) is 0 Å². The number of ether oxygens (including phenoxy) is 1. The molecule has 0 amide bonds. The highest BCUT2D eigenvalue weighted by Crippen LogP contribution is 2.25. The largest absolute Gasteiger partial charge is 0.493 e. The van der Waals surface area contributed by atoms with Crippen LogP contribution in [0.4, 0.5) is 5.69 Å². The zero-order valence-corrected chi connectivity index (χ0v) is 15.6. The molecule has 0 N–H and O–H groups in total. The maximum absolute atomic E-state index is 11.6. The summed E-state index contributed by atoms with van der Waals surface area (Å²) >= 11 is 0. The summed E-state index contributed by atoms with van der Waals surface area (Å²) in [5, 5.41) is 10.8. The van der Waals surface area contributed by atoms with E-state index in [1.165, 1.54) is 76.5 Å². The Morgan fingerprint density at radius 1 is 1.00 bits per heavy atom. The molecule has 0 heterocycles. The first-order valence-electron chi connectivity index (χ1n) is 9.48. The molecule has 1 aromatic carbocycles. The molecule has 0 saturated carbocycles. The third-order valence-corrected chi connectivity index (χ3v) is 4.31. The Morgan fingerprint density at radius 2 is 1.56 bits per heavy atom. The van der Waals surface area contributed by atoms with Crippen molar-refractivity contribution < 1.29 is 14.5 Å². The van der Waals surface area contributed by atoms with E-state index in [9.17, 15) is 14.9 Å². The Balaban J connectivity index is 2.21. The van der Waals surface area contributed by atoms with E-state index in [-0.39, 0.29) is 17.0 Å². The number of nitro benzene ring substituents is 1. The normalized spacial score (nSPS) is 10.6. The molecular formula is C20H31NO4. The van der Waals surface area contributed by atoms with Crippen molar-refractivity contribution in [3.63, 3.8) is 0 Å². The molecule has 0 unspecified atom stereocenters. The average molecular weight is 349 g/mol. The molecule has 0 atom stereocenters. The van der Waals surface area contributed by atoms with Crippen LogP contribution in [0, 0.1) is 10.1 Å². The minimum atomic E-state index is -0.502. The number of carbonyl (C=O) groups excluding carboxylic acids is 1. The van der Waals surface area contributed by atoms with Gasteiger partial charge < -0.3 is 4.74 Å². The number of nitro groups is 1. The molecule has 0 aliphatic carbocycles.